The molecular weight excluding hydrogens is 333 g/mol. The maximum absolute atomic E-state index is 14.4. The van der Waals surface area contributed by atoms with Crippen LogP contribution >= 0.6 is 15.9 Å². The first-order valence-electron chi connectivity index (χ1n) is 7.95. The van der Waals surface area contributed by atoms with E-state index >= 15 is 0 Å². The van der Waals surface area contributed by atoms with E-state index in [1.807, 2.05) is 13.0 Å². The SMILES string of the molecule is CCNC(c1cc(Br)ccc1F)C1(OCC)CCCCC1. The minimum absolute atomic E-state index is 0.0970. The van der Waals surface area contributed by atoms with Gasteiger partial charge in [0.1, 0.15) is 5.82 Å². The monoisotopic (exact) mass is 357 g/mol. The molecule has 1 aromatic rings. The Morgan fingerprint density at radius 2 is 2.00 bits per heavy atom. The summed E-state index contributed by atoms with van der Waals surface area (Å²) in [6.45, 7) is 5.55. The summed E-state index contributed by atoms with van der Waals surface area (Å²) in [6.07, 6.45) is 5.53. The van der Waals surface area contributed by atoms with Crippen LogP contribution in [0, 0.1) is 5.82 Å². The summed E-state index contributed by atoms with van der Waals surface area (Å²) in [7, 11) is 0. The fourth-order valence-electron chi connectivity index (χ4n) is 3.47. The Bertz CT molecular complexity index is 455. The zero-order valence-corrected chi connectivity index (χ0v) is 14.5. The molecule has 2 rings (SSSR count). The van der Waals surface area contributed by atoms with Crippen LogP contribution in [-0.2, 0) is 4.74 Å². The molecule has 1 aromatic carbocycles. The zero-order valence-electron chi connectivity index (χ0n) is 12.9. The van der Waals surface area contributed by atoms with Crippen LogP contribution in [0.25, 0.3) is 0 Å². The molecule has 0 bridgehead atoms. The third-order valence-corrected chi connectivity index (χ3v) is 4.83. The van der Waals surface area contributed by atoms with Crippen molar-refractivity contribution in [2.45, 2.75) is 57.6 Å². The van der Waals surface area contributed by atoms with E-state index in [1.165, 1.54) is 12.5 Å². The molecule has 1 N–H and O–H groups in total. The van der Waals surface area contributed by atoms with Gasteiger partial charge in [-0.3, -0.25) is 0 Å². The van der Waals surface area contributed by atoms with Gasteiger partial charge in [-0.2, -0.15) is 0 Å². The molecule has 4 heteroatoms. The highest BCUT2D eigenvalue weighted by molar-refractivity contribution is 9.10. The van der Waals surface area contributed by atoms with Crippen LogP contribution < -0.4 is 5.32 Å². The highest BCUT2D eigenvalue weighted by Gasteiger charge is 2.42. The van der Waals surface area contributed by atoms with Crippen molar-refractivity contribution in [1.82, 2.24) is 5.32 Å². The van der Waals surface area contributed by atoms with Gasteiger partial charge < -0.3 is 10.1 Å². The van der Waals surface area contributed by atoms with Gasteiger partial charge in [0.05, 0.1) is 11.6 Å². The molecule has 1 unspecified atom stereocenters. The minimum atomic E-state index is -0.287. The van der Waals surface area contributed by atoms with Gasteiger partial charge in [0, 0.05) is 16.6 Å². The molecule has 1 saturated carbocycles. The molecule has 0 spiro atoms. The first kappa shape index (κ1) is 16.9. The van der Waals surface area contributed by atoms with Crippen molar-refractivity contribution >= 4 is 15.9 Å². The van der Waals surface area contributed by atoms with Crippen LogP contribution in [0.3, 0.4) is 0 Å². The van der Waals surface area contributed by atoms with E-state index in [1.54, 1.807) is 6.07 Å². The van der Waals surface area contributed by atoms with Crippen molar-refractivity contribution in [2.24, 2.45) is 0 Å². The number of halogens is 2. The standard InChI is InChI=1S/C17H25BrFNO/c1-3-20-16(14-12-13(18)8-9-15(14)19)17(21-4-2)10-6-5-7-11-17/h8-9,12,16,20H,3-7,10-11H2,1-2H3. The second-order valence-corrected chi connectivity index (χ2v) is 6.63. The highest BCUT2D eigenvalue weighted by atomic mass is 79.9. The Morgan fingerprint density at radius 1 is 1.29 bits per heavy atom. The van der Waals surface area contributed by atoms with Gasteiger partial charge in [0.2, 0.25) is 0 Å². The molecule has 118 valence electrons. The maximum atomic E-state index is 14.4. The van der Waals surface area contributed by atoms with E-state index in [9.17, 15) is 4.39 Å². The van der Waals surface area contributed by atoms with Crippen LogP contribution in [0.15, 0.2) is 22.7 Å². The molecule has 0 amide bonds. The lowest BCUT2D eigenvalue weighted by Crippen LogP contribution is -2.48. The molecule has 0 radical (unpaired) electrons. The third-order valence-electron chi connectivity index (χ3n) is 4.34. The van der Waals surface area contributed by atoms with Crippen LogP contribution in [0.4, 0.5) is 4.39 Å². The molecule has 0 aliphatic heterocycles. The lowest BCUT2D eigenvalue weighted by molar-refractivity contribution is -0.0916. The quantitative estimate of drug-likeness (QED) is 0.775. The third kappa shape index (κ3) is 3.85. The summed E-state index contributed by atoms with van der Waals surface area (Å²) in [5.41, 5.74) is 0.423. The van der Waals surface area contributed by atoms with Gasteiger partial charge in [0.15, 0.2) is 0 Å². The lowest BCUT2D eigenvalue weighted by Gasteiger charge is -2.44. The molecule has 0 aromatic heterocycles. The van der Waals surface area contributed by atoms with E-state index < -0.39 is 0 Å². The number of hydrogen-bond donors (Lipinski definition) is 1. The fourth-order valence-corrected chi connectivity index (χ4v) is 3.85. The second kappa shape index (κ2) is 7.70. The summed E-state index contributed by atoms with van der Waals surface area (Å²) in [5.74, 6) is -0.159. The average Bonchev–Trinajstić information content (AvgIpc) is 2.49. The van der Waals surface area contributed by atoms with Gasteiger partial charge in [-0.15, -0.1) is 0 Å². The Balaban J connectivity index is 2.41. The Morgan fingerprint density at radius 3 is 2.62 bits per heavy atom. The van der Waals surface area contributed by atoms with Crippen LogP contribution in [0.5, 0.6) is 0 Å². The number of rotatable bonds is 6. The molecule has 1 aliphatic carbocycles. The summed E-state index contributed by atoms with van der Waals surface area (Å²) in [6, 6.07) is 5.07. The van der Waals surface area contributed by atoms with Crippen molar-refractivity contribution in [3.63, 3.8) is 0 Å². The highest BCUT2D eigenvalue weighted by Crippen LogP contribution is 2.42. The normalized spacial score (nSPS) is 19.4. The molecule has 1 atom stereocenters. The molecular formula is C17H25BrFNO. The Hall–Kier alpha value is -0.450. The first-order chi connectivity index (χ1) is 10.1. The number of ether oxygens (including phenoxy) is 1. The van der Waals surface area contributed by atoms with Crippen molar-refractivity contribution in [3.8, 4) is 0 Å². The number of benzene rings is 1. The summed E-state index contributed by atoms with van der Waals surface area (Å²) in [5, 5.41) is 3.48. The van der Waals surface area contributed by atoms with E-state index in [0.717, 1.165) is 36.7 Å². The van der Waals surface area contributed by atoms with Gasteiger partial charge in [0.25, 0.3) is 0 Å². The molecule has 21 heavy (non-hydrogen) atoms. The number of likely N-dealkylation sites (N-methyl/N-ethyl adjacent to an activating group) is 1. The minimum Gasteiger partial charge on any atom is -0.373 e. The van der Waals surface area contributed by atoms with Crippen molar-refractivity contribution in [2.75, 3.05) is 13.2 Å². The maximum Gasteiger partial charge on any atom is 0.128 e. The molecule has 0 saturated heterocycles. The van der Waals surface area contributed by atoms with Gasteiger partial charge in [-0.25, -0.2) is 4.39 Å². The van der Waals surface area contributed by atoms with E-state index in [0.29, 0.717) is 12.2 Å². The molecule has 1 fully saturated rings. The summed E-state index contributed by atoms with van der Waals surface area (Å²) < 4.78 is 21.5. The first-order valence-corrected chi connectivity index (χ1v) is 8.74. The van der Waals surface area contributed by atoms with Gasteiger partial charge in [-0.1, -0.05) is 42.1 Å². The zero-order chi connectivity index (χ0) is 15.3. The van der Waals surface area contributed by atoms with Crippen molar-refractivity contribution < 1.29 is 9.13 Å². The van der Waals surface area contributed by atoms with Crippen LogP contribution in [0.1, 0.15) is 57.6 Å². The lowest BCUT2D eigenvalue weighted by atomic mass is 9.76. The predicted octanol–water partition coefficient (Wildman–Crippen LogP) is 4.98. The van der Waals surface area contributed by atoms with Crippen molar-refractivity contribution in [1.29, 1.82) is 0 Å². The van der Waals surface area contributed by atoms with E-state index in [4.69, 9.17) is 4.74 Å². The molecule has 0 heterocycles. The van der Waals surface area contributed by atoms with E-state index in [-0.39, 0.29) is 17.5 Å². The Labute approximate surface area is 135 Å². The van der Waals surface area contributed by atoms with E-state index in [2.05, 4.69) is 28.2 Å². The van der Waals surface area contributed by atoms with Gasteiger partial charge >= 0.3 is 0 Å². The molecule has 1 aliphatic rings. The summed E-state index contributed by atoms with van der Waals surface area (Å²) in [4.78, 5) is 0. The van der Waals surface area contributed by atoms with Crippen LogP contribution in [-0.4, -0.2) is 18.8 Å². The summed E-state index contributed by atoms with van der Waals surface area (Å²) >= 11 is 3.46. The smallest absolute Gasteiger partial charge is 0.128 e. The number of hydrogen-bond acceptors (Lipinski definition) is 2. The predicted molar refractivity (Wildman–Crippen MR) is 88.0 cm³/mol. The Kier molecular flexibility index (Phi) is 6.20. The fraction of sp³-hybridized carbons (Fsp3) is 0.647. The largest absolute Gasteiger partial charge is 0.373 e. The molecule has 2 nitrogen and oxygen atoms in total. The average molecular weight is 358 g/mol. The van der Waals surface area contributed by atoms with Gasteiger partial charge in [-0.05, 0) is 44.5 Å². The number of nitrogens with one attached hydrogen (secondary N) is 1. The second-order valence-electron chi connectivity index (χ2n) is 5.71. The van der Waals surface area contributed by atoms with Crippen molar-refractivity contribution in [3.05, 3.63) is 34.1 Å². The van der Waals surface area contributed by atoms with Crippen LogP contribution in [0.2, 0.25) is 0 Å². The topological polar surface area (TPSA) is 21.3 Å².